The fraction of sp³-hybridized carbons (Fsp3) is 0.727. The van der Waals surface area contributed by atoms with E-state index in [1.54, 1.807) is 11.3 Å². The number of hydrogen-bond donors (Lipinski definition) is 1. The van der Waals surface area contributed by atoms with Crippen LogP contribution in [-0.2, 0) is 0 Å². The molecule has 78 valence electrons. The zero-order valence-corrected chi connectivity index (χ0v) is 9.73. The molecule has 14 heavy (non-hydrogen) atoms. The molecule has 0 saturated heterocycles. The fourth-order valence-electron chi connectivity index (χ4n) is 2.01. The Balaban J connectivity index is 1.85. The number of nitrogens with zero attached hydrogens (tertiary/aromatic N) is 1. The van der Waals surface area contributed by atoms with Crippen LogP contribution in [0.3, 0.4) is 0 Å². The molecule has 2 nitrogen and oxygen atoms in total. The highest BCUT2D eigenvalue weighted by molar-refractivity contribution is 7.13. The van der Waals surface area contributed by atoms with Gasteiger partial charge in [0.2, 0.25) is 0 Å². The van der Waals surface area contributed by atoms with Gasteiger partial charge in [-0.15, -0.1) is 11.3 Å². The summed E-state index contributed by atoms with van der Waals surface area (Å²) >= 11 is 1.69. The van der Waals surface area contributed by atoms with E-state index in [1.165, 1.54) is 25.7 Å². The van der Waals surface area contributed by atoms with Gasteiger partial charge < -0.3 is 5.32 Å². The largest absolute Gasteiger partial charge is 0.359 e. The molecule has 2 rings (SSSR count). The zero-order chi connectivity index (χ0) is 10.0. The van der Waals surface area contributed by atoms with Crippen LogP contribution in [-0.4, -0.2) is 11.0 Å². The molecule has 1 heterocycles. The van der Waals surface area contributed by atoms with Crippen molar-refractivity contribution in [2.24, 2.45) is 5.41 Å². The molecule has 1 aliphatic carbocycles. The highest BCUT2D eigenvalue weighted by Gasteiger charge is 2.26. The predicted octanol–water partition coefficient (Wildman–Crippen LogP) is 3.52. The van der Waals surface area contributed by atoms with E-state index in [1.807, 2.05) is 11.6 Å². The van der Waals surface area contributed by atoms with Gasteiger partial charge in [0.15, 0.2) is 5.13 Å². The van der Waals surface area contributed by atoms with E-state index < -0.39 is 0 Å². The highest BCUT2D eigenvalue weighted by atomic mass is 32.1. The zero-order valence-electron chi connectivity index (χ0n) is 8.92. The van der Waals surface area contributed by atoms with Gasteiger partial charge in [-0.3, -0.25) is 0 Å². The van der Waals surface area contributed by atoms with Crippen LogP contribution in [0.25, 0.3) is 0 Å². The van der Waals surface area contributed by atoms with E-state index in [4.69, 9.17) is 0 Å². The molecule has 0 aromatic carbocycles. The van der Waals surface area contributed by atoms with Gasteiger partial charge in [-0.25, -0.2) is 4.98 Å². The van der Waals surface area contributed by atoms with Crippen molar-refractivity contribution >= 4 is 16.5 Å². The Bertz CT molecular complexity index is 269. The number of anilines is 1. The number of hydrogen-bond acceptors (Lipinski definition) is 3. The van der Waals surface area contributed by atoms with Crippen molar-refractivity contribution in [2.75, 3.05) is 5.32 Å². The summed E-state index contributed by atoms with van der Waals surface area (Å²) in [5, 5.41) is 6.61. The lowest BCUT2D eigenvalue weighted by molar-refractivity contribution is 0.232. The maximum absolute atomic E-state index is 4.25. The van der Waals surface area contributed by atoms with Gasteiger partial charge in [-0.1, -0.05) is 13.8 Å². The second kappa shape index (κ2) is 3.89. The molecule has 0 aliphatic heterocycles. The van der Waals surface area contributed by atoms with E-state index in [0.717, 1.165) is 5.13 Å². The van der Waals surface area contributed by atoms with E-state index in [2.05, 4.69) is 24.1 Å². The standard InChI is InChI=1S/C11H18N2S/c1-11(2)5-3-9(4-6-11)13-10-12-7-8-14-10/h7-9H,3-6H2,1-2H3,(H,12,13). The first-order chi connectivity index (χ1) is 6.66. The van der Waals surface area contributed by atoms with Crippen molar-refractivity contribution < 1.29 is 0 Å². The number of aromatic nitrogens is 1. The van der Waals surface area contributed by atoms with Crippen molar-refractivity contribution in [3.8, 4) is 0 Å². The van der Waals surface area contributed by atoms with Gasteiger partial charge in [0.05, 0.1) is 0 Å². The van der Waals surface area contributed by atoms with Crippen molar-refractivity contribution in [1.29, 1.82) is 0 Å². The van der Waals surface area contributed by atoms with Gasteiger partial charge >= 0.3 is 0 Å². The molecule has 1 fully saturated rings. The monoisotopic (exact) mass is 210 g/mol. The van der Waals surface area contributed by atoms with Crippen LogP contribution in [0.15, 0.2) is 11.6 Å². The summed E-state index contributed by atoms with van der Waals surface area (Å²) in [6.07, 6.45) is 7.09. The van der Waals surface area contributed by atoms with Crippen molar-refractivity contribution in [3.63, 3.8) is 0 Å². The fourth-order valence-corrected chi connectivity index (χ4v) is 2.62. The molecule has 0 bridgehead atoms. The number of thiazole rings is 1. The summed E-state index contributed by atoms with van der Waals surface area (Å²) in [6, 6.07) is 0.647. The Morgan fingerprint density at radius 3 is 2.71 bits per heavy atom. The van der Waals surface area contributed by atoms with Crippen LogP contribution in [0.5, 0.6) is 0 Å². The number of rotatable bonds is 2. The lowest BCUT2D eigenvalue weighted by Gasteiger charge is -2.34. The first-order valence-electron chi connectivity index (χ1n) is 5.32. The minimum absolute atomic E-state index is 0.557. The van der Waals surface area contributed by atoms with E-state index in [-0.39, 0.29) is 0 Å². The van der Waals surface area contributed by atoms with E-state index in [0.29, 0.717) is 11.5 Å². The third kappa shape index (κ3) is 2.47. The summed E-state index contributed by atoms with van der Waals surface area (Å²) in [5.74, 6) is 0. The predicted molar refractivity (Wildman–Crippen MR) is 61.8 cm³/mol. The first kappa shape index (κ1) is 9.97. The summed E-state index contributed by atoms with van der Waals surface area (Å²) in [6.45, 7) is 4.74. The Labute approximate surface area is 89.8 Å². The molecule has 1 N–H and O–H groups in total. The van der Waals surface area contributed by atoms with Crippen LogP contribution in [0.1, 0.15) is 39.5 Å². The smallest absolute Gasteiger partial charge is 0.182 e. The minimum Gasteiger partial charge on any atom is -0.359 e. The van der Waals surface area contributed by atoms with Crippen molar-refractivity contribution in [3.05, 3.63) is 11.6 Å². The summed E-state index contributed by atoms with van der Waals surface area (Å²) in [5.41, 5.74) is 0.557. The molecule has 1 aromatic rings. The van der Waals surface area contributed by atoms with Gasteiger partial charge in [0.25, 0.3) is 0 Å². The van der Waals surface area contributed by atoms with Crippen molar-refractivity contribution in [2.45, 2.75) is 45.6 Å². The average Bonchev–Trinajstić information content (AvgIpc) is 2.61. The Morgan fingerprint density at radius 1 is 1.43 bits per heavy atom. The second-order valence-corrected chi connectivity index (χ2v) is 5.81. The Kier molecular flexibility index (Phi) is 2.77. The van der Waals surface area contributed by atoms with Gasteiger partial charge in [0, 0.05) is 17.6 Å². The van der Waals surface area contributed by atoms with Crippen LogP contribution < -0.4 is 5.32 Å². The van der Waals surface area contributed by atoms with Gasteiger partial charge in [-0.05, 0) is 31.1 Å². The topological polar surface area (TPSA) is 24.9 Å². The molecular weight excluding hydrogens is 192 g/mol. The second-order valence-electron chi connectivity index (χ2n) is 4.92. The molecule has 0 unspecified atom stereocenters. The van der Waals surface area contributed by atoms with Crippen molar-refractivity contribution in [1.82, 2.24) is 4.98 Å². The summed E-state index contributed by atoms with van der Waals surface area (Å²) < 4.78 is 0. The molecule has 0 radical (unpaired) electrons. The number of nitrogens with one attached hydrogen (secondary N) is 1. The highest BCUT2D eigenvalue weighted by Crippen LogP contribution is 2.36. The maximum Gasteiger partial charge on any atom is 0.182 e. The normalized spacial score (nSPS) is 22.1. The molecule has 0 amide bonds. The quantitative estimate of drug-likeness (QED) is 0.807. The minimum atomic E-state index is 0.557. The lowest BCUT2D eigenvalue weighted by atomic mass is 9.76. The molecule has 0 atom stereocenters. The molecule has 1 saturated carbocycles. The SMILES string of the molecule is CC1(C)CCC(Nc2nccs2)CC1. The van der Waals surface area contributed by atoms with E-state index in [9.17, 15) is 0 Å². The average molecular weight is 210 g/mol. The molecule has 1 aromatic heterocycles. The Morgan fingerprint density at radius 2 is 2.14 bits per heavy atom. The van der Waals surface area contributed by atoms with Crippen LogP contribution in [0.2, 0.25) is 0 Å². The molecule has 0 spiro atoms. The molecule has 3 heteroatoms. The van der Waals surface area contributed by atoms with Gasteiger partial charge in [-0.2, -0.15) is 0 Å². The maximum atomic E-state index is 4.25. The van der Waals surface area contributed by atoms with Crippen LogP contribution in [0.4, 0.5) is 5.13 Å². The first-order valence-corrected chi connectivity index (χ1v) is 6.20. The molecular formula is C11H18N2S. The Hall–Kier alpha value is -0.570. The van der Waals surface area contributed by atoms with Gasteiger partial charge in [0.1, 0.15) is 0 Å². The third-order valence-corrected chi connectivity index (χ3v) is 3.80. The summed E-state index contributed by atoms with van der Waals surface area (Å²) in [4.78, 5) is 4.25. The molecule has 1 aliphatic rings. The van der Waals surface area contributed by atoms with Crippen LogP contribution >= 0.6 is 11.3 Å². The van der Waals surface area contributed by atoms with E-state index >= 15 is 0 Å². The lowest BCUT2D eigenvalue weighted by Crippen LogP contribution is -2.29. The summed E-state index contributed by atoms with van der Waals surface area (Å²) in [7, 11) is 0. The third-order valence-electron chi connectivity index (χ3n) is 3.10. The van der Waals surface area contributed by atoms with Crippen LogP contribution in [0, 0.1) is 5.41 Å².